The average Bonchev–Trinajstić information content (AvgIpc) is 2.36. The van der Waals surface area contributed by atoms with Gasteiger partial charge in [0, 0.05) is 12.6 Å². The van der Waals surface area contributed by atoms with Crippen molar-refractivity contribution in [2.75, 3.05) is 12.3 Å². The van der Waals surface area contributed by atoms with Crippen LogP contribution in [-0.2, 0) is 10.0 Å². The Kier molecular flexibility index (Phi) is 5.60. The second kappa shape index (κ2) is 6.43. The fourth-order valence-electron chi connectivity index (χ4n) is 1.63. The van der Waals surface area contributed by atoms with E-state index < -0.39 is 20.7 Å². The second-order valence-electron chi connectivity index (χ2n) is 4.36. The lowest BCUT2D eigenvalue weighted by Crippen LogP contribution is -2.37. The molecule has 0 saturated heterocycles. The lowest BCUT2D eigenvalue weighted by atomic mass is 10.3. The van der Waals surface area contributed by atoms with E-state index in [2.05, 4.69) is 22.5 Å². The van der Waals surface area contributed by atoms with Gasteiger partial charge in [0.25, 0.3) is 0 Å². The molecule has 0 aromatic heterocycles. The van der Waals surface area contributed by atoms with E-state index in [4.69, 9.17) is 17.3 Å². The first-order valence-corrected chi connectivity index (χ1v) is 8.31. The van der Waals surface area contributed by atoms with E-state index in [0.29, 0.717) is 0 Å². The van der Waals surface area contributed by atoms with Crippen LogP contribution < -0.4 is 5.73 Å². The van der Waals surface area contributed by atoms with Crippen LogP contribution in [-0.4, -0.2) is 25.3 Å². The van der Waals surface area contributed by atoms with Gasteiger partial charge in [0.15, 0.2) is 5.82 Å². The van der Waals surface area contributed by atoms with Crippen LogP contribution in [0.25, 0.3) is 0 Å². The number of sulfonamides is 1. The Morgan fingerprint density at radius 1 is 1.60 bits per heavy atom. The first kappa shape index (κ1) is 17.4. The van der Waals surface area contributed by atoms with E-state index in [1.807, 2.05) is 0 Å². The molecule has 0 fully saturated rings. The van der Waals surface area contributed by atoms with Crippen molar-refractivity contribution < 1.29 is 12.8 Å². The van der Waals surface area contributed by atoms with Gasteiger partial charge in [-0.05, 0) is 35.8 Å². The van der Waals surface area contributed by atoms with Crippen LogP contribution in [0, 0.1) is 5.82 Å². The molecule has 0 radical (unpaired) electrons. The number of hydrogen-bond acceptors (Lipinski definition) is 3. The second-order valence-corrected chi connectivity index (χ2v) is 7.41. The molecule has 0 amide bonds. The van der Waals surface area contributed by atoms with Crippen molar-refractivity contribution in [2.45, 2.75) is 24.8 Å². The minimum absolute atomic E-state index is 0.0322. The number of nitrogens with zero attached hydrogens (tertiary/aromatic N) is 1. The Morgan fingerprint density at radius 2 is 2.15 bits per heavy atom. The molecule has 1 aromatic rings. The van der Waals surface area contributed by atoms with Gasteiger partial charge in [-0.25, -0.2) is 12.8 Å². The fraction of sp³-hybridized carbons (Fsp3) is 0.333. The maximum Gasteiger partial charge on any atom is 0.246 e. The van der Waals surface area contributed by atoms with Gasteiger partial charge in [0.1, 0.15) is 4.90 Å². The lowest BCUT2D eigenvalue weighted by Gasteiger charge is -2.25. The van der Waals surface area contributed by atoms with Crippen LogP contribution in [0.15, 0.2) is 28.1 Å². The molecule has 8 heteroatoms. The van der Waals surface area contributed by atoms with Crippen molar-refractivity contribution in [1.82, 2.24) is 4.31 Å². The van der Waals surface area contributed by atoms with Gasteiger partial charge < -0.3 is 5.73 Å². The molecule has 0 spiro atoms. The highest BCUT2D eigenvalue weighted by molar-refractivity contribution is 9.10. The van der Waals surface area contributed by atoms with Crippen LogP contribution in [0.2, 0.25) is 5.02 Å². The summed E-state index contributed by atoms with van der Waals surface area (Å²) < 4.78 is 40.4. The Hall–Kier alpha value is -0.630. The molecule has 4 nitrogen and oxygen atoms in total. The van der Waals surface area contributed by atoms with Gasteiger partial charge in [-0.2, -0.15) is 4.31 Å². The van der Waals surface area contributed by atoms with Crippen LogP contribution >= 0.6 is 27.5 Å². The summed E-state index contributed by atoms with van der Waals surface area (Å²) in [4.78, 5) is -0.543. The van der Waals surface area contributed by atoms with E-state index in [0.717, 1.165) is 10.4 Å². The SMILES string of the molecule is C=CCN(C(C)C)S(=O)(=O)c1cc(Cl)c(Br)c(N)c1F. The molecule has 20 heavy (non-hydrogen) atoms. The molecule has 1 aromatic carbocycles. The van der Waals surface area contributed by atoms with E-state index in [1.54, 1.807) is 13.8 Å². The molecule has 0 aliphatic heterocycles. The topological polar surface area (TPSA) is 63.4 Å². The predicted octanol–water partition coefficient (Wildman–Crippen LogP) is 3.41. The highest BCUT2D eigenvalue weighted by atomic mass is 79.9. The van der Waals surface area contributed by atoms with Crippen molar-refractivity contribution in [3.05, 3.63) is 34.0 Å². The molecule has 2 N–H and O–H groups in total. The molecule has 1 rings (SSSR count). The smallest absolute Gasteiger partial charge is 0.246 e. The average molecular weight is 386 g/mol. The standard InChI is InChI=1S/C12H15BrClFN2O2S/c1-4-5-17(7(2)3)20(18,19)9-6-8(14)10(13)12(16)11(9)15/h4,6-7H,1,5,16H2,2-3H3. The Bertz CT molecular complexity index is 635. The van der Waals surface area contributed by atoms with Crippen molar-refractivity contribution >= 4 is 43.2 Å². The van der Waals surface area contributed by atoms with Crippen molar-refractivity contribution in [3.63, 3.8) is 0 Å². The molecule has 0 heterocycles. The quantitative estimate of drug-likeness (QED) is 0.480. The van der Waals surface area contributed by atoms with Crippen molar-refractivity contribution in [1.29, 1.82) is 0 Å². The van der Waals surface area contributed by atoms with E-state index in [-0.39, 0.29) is 27.8 Å². The molecule has 0 unspecified atom stereocenters. The third kappa shape index (κ3) is 3.16. The zero-order chi connectivity index (χ0) is 15.7. The predicted molar refractivity (Wildman–Crippen MR) is 82.7 cm³/mol. The maximum absolute atomic E-state index is 14.2. The molecule has 112 valence electrons. The summed E-state index contributed by atoms with van der Waals surface area (Å²) in [5, 5.41) is 0.0322. The van der Waals surface area contributed by atoms with E-state index in [9.17, 15) is 12.8 Å². The Balaban J connectivity index is 3.53. The third-order valence-corrected chi connectivity index (χ3v) is 6.05. The minimum Gasteiger partial charge on any atom is -0.395 e. The number of hydrogen-bond donors (Lipinski definition) is 1. The summed E-state index contributed by atoms with van der Waals surface area (Å²) in [7, 11) is -4.05. The third-order valence-electron chi connectivity index (χ3n) is 2.63. The highest BCUT2D eigenvalue weighted by Gasteiger charge is 2.31. The molecule has 0 saturated carbocycles. The number of rotatable bonds is 5. The number of benzene rings is 1. The number of halogens is 3. The molecular weight excluding hydrogens is 371 g/mol. The number of nitrogens with two attached hydrogens (primary N) is 1. The van der Waals surface area contributed by atoms with Gasteiger partial charge in [0.05, 0.1) is 15.2 Å². The van der Waals surface area contributed by atoms with Crippen molar-refractivity contribution in [2.24, 2.45) is 0 Å². The zero-order valence-corrected chi connectivity index (χ0v) is 14.2. The zero-order valence-electron chi connectivity index (χ0n) is 11.0. The number of nitrogen functional groups attached to an aromatic ring is 1. The van der Waals surface area contributed by atoms with Gasteiger partial charge in [-0.1, -0.05) is 17.7 Å². The van der Waals surface area contributed by atoms with Gasteiger partial charge in [-0.15, -0.1) is 6.58 Å². The lowest BCUT2D eigenvalue weighted by molar-refractivity contribution is 0.380. The summed E-state index contributed by atoms with van der Waals surface area (Å²) in [6.45, 7) is 6.93. The van der Waals surface area contributed by atoms with Crippen LogP contribution in [0.5, 0.6) is 0 Å². The normalized spacial score (nSPS) is 12.2. The van der Waals surface area contributed by atoms with Crippen LogP contribution in [0.1, 0.15) is 13.8 Å². The molecule has 0 bridgehead atoms. The summed E-state index contributed by atoms with van der Waals surface area (Å²) in [6.07, 6.45) is 1.43. The first-order valence-electron chi connectivity index (χ1n) is 5.70. The van der Waals surface area contributed by atoms with Gasteiger partial charge >= 0.3 is 0 Å². The molecule has 0 aliphatic carbocycles. The summed E-state index contributed by atoms with van der Waals surface area (Å²) >= 11 is 8.87. The highest BCUT2D eigenvalue weighted by Crippen LogP contribution is 2.36. The summed E-state index contributed by atoms with van der Waals surface area (Å²) in [5.41, 5.74) is 5.19. The number of anilines is 1. The first-order chi connectivity index (χ1) is 9.14. The minimum atomic E-state index is -4.05. The Labute approximate surface area is 131 Å². The van der Waals surface area contributed by atoms with E-state index in [1.165, 1.54) is 6.08 Å². The fourth-order valence-corrected chi connectivity index (χ4v) is 3.90. The van der Waals surface area contributed by atoms with Crippen LogP contribution in [0.3, 0.4) is 0 Å². The van der Waals surface area contributed by atoms with E-state index >= 15 is 0 Å². The monoisotopic (exact) mass is 384 g/mol. The van der Waals surface area contributed by atoms with Crippen LogP contribution in [0.4, 0.5) is 10.1 Å². The summed E-state index contributed by atoms with van der Waals surface area (Å²) in [6, 6.07) is 0.687. The molecule has 0 aliphatic rings. The molecular formula is C12H15BrClFN2O2S. The van der Waals surface area contributed by atoms with Gasteiger partial charge in [-0.3, -0.25) is 0 Å². The maximum atomic E-state index is 14.2. The molecule has 0 atom stereocenters. The van der Waals surface area contributed by atoms with Crippen molar-refractivity contribution in [3.8, 4) is 0 Å². The largest absolute Gasteiger partial charge is 0.395 e. The van der Waals surface area contributed by atoms with Gasteiger partial charge in [0.2, 0.25) is 10.0 Å². The Morgan fingerprint density at radius 3 is 2.60 bits per heavy atom. The summed E-state index contributed by atoms with van der Waals surface area (Å²) in [5.74, 6) is -1.02.